The van der Waals surface area contributed by atoms with Crippen molar-refractivity contribution >= 4 is 23.8 Å². The van der Waals surface area contributed by atoms with Gasteiger partial charge >= 0.3 is 0 Å². The molecule has 0 saturated heterocycles. The maximum Gasteiger partial charge on any atom is 0.134 e. The Balaban J connectivity index is 1.70. The van der Waals surface area contributed by atoms with Crippen LogP contribution >= 0.6 is 11.6 Å². The zero-order valence-electron chi connectivity index (χ0n) is 14.4. The van der Waals surface area contributed by atoms with Crippen molar-refractivity contribution in [2.45, 2.75) is 19.3 Å². The van der Waals surface area contributed by atoms with Gasteiger partial charge in [0, 0.05) is 10.6 Å². The highest BCUT2D eigenvalue weighted by Gasteiger charge is 2.08. The fourth-order valence-corrected chi connectivity index (χ4v) is 3.10. The zero-order valence-corrected chi connectivity index (χ0v) is 15.2. The van der Waals surface area contributed by atoms with E-state index in [1.807, 2.05) is 30.3 Å². The highest BCUT2D eigenvalue weighted by molar-refractivity contribution is 6.30. The van der Waals surface area contributed by atoms with Gasteiger partial charge in [-0.15, -0.1) is 0 Å². The number of halogens is 3. The number of hydrogen-bond acceptors (Lipinski definition) is 0. The van der Waals surface area contributed by atoms with E-state index in [1.165, 1.54) is 17.2 Å². The van der Waals surface area contributed by atoms with E-state index < -0.39 is 11.6 Å². The van der Waals surface area contributed by atoms with Crippen LogP contribution in [-0.2, 0) is 6.42 Å². The van der Waals surface area contributed by atoms with Crippen LogP contribution in [0.5, 0.6) is 0 Å². The average Bonchev–Trinajstić information content (AvgIpc) is 2.63. The molecule has 0 amide bonds. The van der Waals surface area contributed by atoms with Crippen LogP contribution in [0.25, 0.3) is 12.2 Å². The van der Waals surface area contributed by atoms with E-state index in [4.69, 9.17) is 11.6 Å². The molecule has 26 heavy (non-hydrogen) atoms. The molecule has 132 valence electrons. The summed E-state index contributed by atoms with van der Waals surface area (Å²) in [6.07, 6.45) is 4.07. The predicted molar refractivity (Wildman–Crippen MR) is 105 cm³/mol. The van der Waals surface area contributed by atoms with Crippen LogP contribution in [-0.4, -0.2) is 0 Å². The maximum atomic E-state index is 13.8. The molecule has 0 fully saturated rings. The first-order chi connectivity index (χ1) is 12.5. The largest absolute Gasteiger partial charge is 0.206 e. The molecular weight excluding hydrogens is 350 g/mol. The Hall–Kier alpha value is -2.45. The number of hydrogen-bond donors (Lipinski definition) is 0. The molecule has 0 heterocycles. The molecule has 0 saturated carbocycles. The molecule has 1 atom stereocenters. The van der Waals surface area contributed by atoms with Crippen molar-refractivity contribution in [3.05, 3.63) is 106 Å². The summed E-state index contributed by atoms with van der Waals surface area (Å²) in [4.78, 5) is 0. The van der Waals surface area contributed by atoms with Crippen LogP contribution in [0, 0.1) is 11.6 Å². The summed E-state index contributed by atoms with van der Waals surface area (Å²) in [6, 6.07) is 20.6. The Kier molecular flexibility index (Phi) is 5.85. The smallest absolute Gasteiger partial charge is 0.134 e. The first-order valence-corrected chi connectivity index (χ1v) is 8.87. The normalized spacial score (nSPS) is 12.5. The highest BCUT2D eigenvalue weighted by atomic mass is 35.5. The molecule has 1 unspecified atom stereocenters. The molecule has 0 nitrogen and oxygen atoms in total. The van der Waals surface area contributed by atoms with Crippen molar-refractivity contribution < 1.29 is 8.78 Å². The van der Waals surface area contributed by atoms with Gasteiger partial charge in [-0.2, -0.15) is 0 Å². The van der Waals surface area contributed by atoms with E-state index in [1.54, 1.807) is 6.08 Å². The van der Waals surface area contributed by atoms with Crippen molar-refractivity contribution in [3.8, 4) is 0 Å². The molecule has 0 aliphatic heterocycles. The molecule has 3 aromatic carbocycles. The lowest BCUT2D eigenvalue weighted by Gasteiger charge is -2.12. The molecule has 0 N–H and O–H groups in total. The monoisotopic (exact) mass is 368 g/mol. The van der Waals surface area contributed by atoms with E-state index in [0.29, 0.717) is 5.92 Å². The minimum absolute atomic E-state index is 0.0500. The number of benzene rings is 3. The summed E-state index contributed by atoms with van der Waals surface area (Å²) in [5, 5.41) is 0.0500. The average molecular weight is 369 g/mol. The fraction of sp³-hybridized carbons (Fsp3) is 0.130. The molecule has 3 heteroatoms. The van der Waals surface area contributed by atoms with Gasteiger partial charge in [0.2, 0.25) is 0 Å². The van der Waals surface area contributed by atoms with E-state index in [9.17, 15) is 8.78 Å². The predicted octanol–water partition coefficient (Wildman–Crippen LogP) is 7.13. The van der Waals surface area contributed by atoms with Crippen molar-refractivity contribution in [2.75, 3.05) is 0 Å². The van der Waals surface area contributed by atoms with E-state index >= 15 is 0 Å². The standard InChI is InChI=1S/C23H19ClF2/c1-16(19-5-3-2-4-6-19)13-18-9-7-17(8-10-18)11-12-21-22(25)14-20(24)15-23(21)26/h2-12,14-16H,13H2,1H3/b12-11+. The molecule has 0 aliphatic rings. The second kappa shape index (κ2) is 8.29. The van der Waals surface area contributed by atoms with E-state index in [0.717, 1.165) is 24.1 Å². The molecule has 3 aromatic rings. The zero-order chi connectivity index (χ0) is 18.5. The van der Waals surface area contributed by atoms with Gasteiger partial charge in [-0.05, 0) is 47.2 Å². The third-order valence-corrected chi connectivity index (χ3v) is 4.59. The molecule has 3 rings (SSSR count). The third-order valence-electron chi connectivity index (χ3n) is 4.38. The number of rotatable bonds is 5. The Morgan fingerprint density at radius 1 is 0.885 bits per heavy atom. The lowest BCUT2D eigenvalue weighted by molar-refractivity contribution is 0.579. The van der Waals surface area contributed by atoms with Crippen molar-refractivity contribution in [2.24, 2.45) is 0 Å². The molecule has 0 aliphatic carbocycles. The summed E-state index contributed by atoms with van der Waals surface area (Å²) < 4.78 is 27.6. The fourth-order valence-electron chi connectivity index (χ4n) is 2.91. The summed E-state index contributed by atoms with van der Waals surface area (Å²) in [6.45, 7) is 2.20. The van der Waals surface area contributed by atoms with Crippen LogP contribution in [0.4, 0.5) is 8.78 Å². The summed E-state index contributed by atoms with van der Waals surface area (Å²) in [7, 11) is 0. The van der Waals surface area contributed by atoms with Gasteiger partial charge in [-0.25, -0.2) is 8.78 Å². The summed E-state index contributed by atoms with van der Waals surface area (Å²) in [5.74, 6) is -0.908. The topological polar surface area (TPSA) is 0 Å². The first kappa shape index (κ1) is 18.3. The Morgan fingerprint density at radius 3 is 2.12 bits per heavy atom. The summed E-state index contributed by atoms with van der Waals surface area (Å²) in [5.41, 5.74) is 3.33. The van der Waals surface area contributed by atoms with Crippen molar-refractivity contribution in [1.82, 2.24) is 0 Å². The molecular formula is C23H19ClF2. The Labute approximate surface area is 157 Å². The van der Waals surface area contributed by atoms with Crippen LogP contribution in [0.15, 0.2) is 66.7 Å². The van der Waals surface area contributed by atoms with Gasteiger partial charge in [-0.3, -0.25) is 0 Å². The molecule has 0 radical (unpaired) electrons. The Morgan fingerprint density at radius 2 is 1.50 bits per heavy atom. The van der Waals surface area contributed by atoms with Crippen molar-refractivity contribution in [1.29, 1.82) is 0 Å². The Bertz CT molecular complexity index is 876. The van der Waals surface area contributed by atoms with E-state index in [2.05, 4.69) is 31.2 Å². The maximum absolute atomic E-state index is 13.8. The van der Waals surface area contributed by atoms with Gasteiger partial charge < -0.3 is 0 Å². The third kappa shape index (κ3) is 4.59. The molecule has 0 bridgehead atoms. The van der Waals surface area contributed by atoms with Gasteiger partial charge in [0.1, 0.15) is 11.6 Å². The summed E-state index contributed by atoms with van der Waals surface area (Å²) >= 11 is 5.64. The van der Waals surface area contributed by atoms with Gasteiger partial charge in [-0.1, -0.05) is 79.2 Å². The SMILES string of the molecule is CC(Cc1ccc(/C=C/c2c(F)cc(Cl)cc2F)cc1)c1ccccc1. The quantitative estimate of drug-likeness (QED) is 0.420. The first-order valence-electron chi connectivity index (χ1n) is 8.49. The second-order valence-corrected chi connectivity index (χ2v) is 6.81. The lowest BCUT2D eigenvalue weighted by atomic mass is 9.93. The highest BCUT2D eigenvalue weighted by Crippen LogP contribution is 2.23. The lowest BCUT2D eigenvalue weighted by Crippen LogP contribution is -1.98. The van der Waals surface area contributed by atoms with Crippen LogP contribution in [0.3, 0.4) is 0 Å². The molecule has 0 aromatic heterocycles. The van der Waals surface area contributed by atoms with Gasteiger partial charge in [0.05, 0.1) is 0 Å². The minimum atomic E-state index is -0.667. The van der Waals surface area contributed by atoms with E-state index in [-0.39, 0.29) is 10.6 Å². The van der Waals surface area contributed by atoms with Crippen molar-refractivity contribution in [3.63, 3.8) is 0 Å². The van der Waals surface area contributed by atoms with Crippen LogP contribution in [0.1, 0.15) is 35.1 Å². The minimum Gasteiger partial charge on any atom is -0.206 e. The molecule has 0 spiro atoms. The van der Waals surface area contributed by atoms with Crippen LogP contribution < -0.4 is 0 Å². The second-order valence-electron chi connectivity index (χ2n) is 6.37. The van der Waals surface area contributed by atoms with Gasteiger partial charge in [0.15, 0.2) is 0 Å². The van der Waals surface area contributed by atoms with Gasteiger partial charge in [0.25, 0.3) is 0 Å². The van der Waals surface area contributed by atoms with Crippen LogP contribution in [0.2, 0.25) is 5.02 Å².